The van der Waals surface area contributed by atoms with Crippen molar-refractivity contribution in [1.29, 1.82) is 0 Å². The van der Waals surface area contributed by atoms with Gasteiger partial charge in [-0.15, -0.1) is 11.3 Å². The maximum atomic E-state index is 12.2. The van der Waals surface area contributed by atoms with E-state index in [1.165, 1.54) is 0 Å². The monoisotopic (exact) mass is 244 g/mol. The summed E-state index contributed by atoms with van der Waals surface area (Å²) >= 11 is 1.62. The Morgan fingerprint density at radius 2 is 2.24 bits per heavy atom. The van der Waals surface area contributed by atoms with Crippen molar-refractivity contribution in [2.75, 3.05) is 6.61 Å². The van der Waals surface area contributed by atoms with Crippen LogP contribution in [0.2, 0.25) is 0 Å². The molecule has 0 N–H and O–H groups in total. The summed E-state index contributed by atoms with van der Waals surface area (Å²) in [5.41, 5.74) is 1.88. The highest BCUT2D eigenvalue weighted by Crippen LogP contribution is 2.30. The Kier molecular flexibility index (Phi) is 2.69. The van der Waals surface area contributed by atoms with Gasteiger partial charge in [-0.2, -0.15) is 0 Å². The minimum atomic E-state index is 0.145. The fourth-order valence-corrected chi connectivity index (χ4v) is 2.80. The Labute approximate surface area is 104 Å². The average Bonchev–Trinajstić information content (AvgIpc) is 2.97. The SMILES string of the molecule is O=C(Cc1cccs1)c1cccc2c1OCC2. The number of para-hydroxylation sites is 1. The molecule has 0 atom stereocenters. The van der Waals surface area contributed by atoms with E-state index in [0.29, 0.717) is 13.0 Å². The molecule has 3 heteroatoms. The molecule has 3 rings (SSSR count). The lowest BCUT2D eigenvalue weighted by Gasteiger charge is -2.06. The summed E-state index contributed by atoms with van der Waals surface area (Å²) in [5, 5.41) is 1.99. The van der Waals surface area contributed by atoms with E-state index in [2.05, 4.69) is 0 Å². The number of hydrogen-bond donors (Lipinski definition) is 0. The molecule has 0 saturated heterocycles. The lowest BCUT2D eigenvalue weighted by atomic mass is 10.0. The van der Waals surface area contributed by atoms with E-state index in [1.54, 1.807) is 11.3 Å². The topological polar surface area (TPSA) is 26.3 Å². The standard InChI is InChI=1S/C14H12O2S/c15-13(9-11-4-2-8-17-11)12-5-1-3-10-6-7-16-14(10)12/h1-5,8H,6-7,9H2. The summed E-state index contributed by atoms with van der Waals surface area (Å²) in [6.45, 7) is 0.693. The first-order valence-corrected chi connectivity index (χ1v) is 6.53. The summed E-state index contributed by atoms with van der Waals surface area (Å²) in [4.78, 5) is 13.3. The van der Waals surface area contributed by atoms with E-state index in [0.717, 1.165) is 28.2 Å². The summed E-state index contributed by atoms with van der Waals surface area (Å²) in [6.07, 6.45) is 1.38. The van der Waals surface area contributed by atoms with Gasteiger partial charge in [0.25, 0.3) is 0 Å². The second-order valence-electron chi connectivity index (χ2n) is 4.07. The summed E-state index contributed by atoms with van der Waals surface area (Å²) in [7, 11) is 0. The van der Waals surface area contributed by atoms with Crippen LogP contribution >= 0.6 is 11.3 Å². The first kappa shape index (κ1) is 10.5. The summed E-state index contributed by atoms with van der Waals surface area (Å²) in [5.74, 6) is 0.945. The molecule has 0 aliphatic carbocycles. The lowest BCUT2D eigenvalue weighted by Crippen LogP contribution is -2.04. The molecule has 1 aliphatic rings. The molecule has 0 fully saturated rings. The van der Waals surface area contributed by atoms with Gasteiger partial charge in [0, 0.05) is 17.7 Å². The van der Waals surface area contributed by atoms with Crippen molar-refractivity contribution in [1.82, 2.24) is 0 Å². The number of Topliss-reactive ketones (excluding diaryl/α,β-unsaturated/α-hetero) is 1. The lowest BCUT2D eigenvalue weighted by molar-refractivity contribution is 0.0991. The van der Waals surface area contributed by atoms with Crippen molar-refractivity contribution in [3.8, 4) is 5.75 Å². The van der Waals surface area contributed by atoms with Gasteiger partial charge in [-0.05, 0) is 23.1 Å². The molecule has 1 aromatic carbocycles. The molecule has 0 unspecified atom stereocenters. The van der Waals surface area contributed by atoms with Crippen LogP contribution in [-0.2, 0) is 12.8 Å². The maximum absolute atomic E-state index is 12.2. The molecule has 0 saturated carbocycles. The van der Waals surface area contributed by atoms with E-state index in [9.17, 15) is 4.79 Å². The van der Waals surface area contributed by atoms with Gasteiger partial charge >= 0.3 is 0 Å². The zero-order valence-electron chi connectivity index (χ0n) is 9.31. The molecule has 2 heterocycles. The highest BCUT2D eigenvalue weighted by Gasteiger charge is 2.20. The number of rotatable bonds is 3. The first-order valence-electron chi connectivity index (χ1n) is 5.65. The van der Waals surface area contributed by atoms with Gasteiger partial charge in [-0.1, -0.05) is 18.2 Å². The third-order valence-corrected chi connectivity index (χ3v) is 3.81. The fraction of sp³-hybridized carbons (Fsp3) is 0.214. The number of ether oxygens (including phenoxy) is 1. The molecule has 1 aromatic heterocycles. The normalized spacial score (nSPS) is 13.2. The average molecular weight is 244 g/mol. The van der Waals surface area contributed by atoms with Crippen LogP contribution in [0.3, 0.4) is 0 Å². The maximum Gasteiger partial charge on any atom is 0.171 e. The number of ketones is 1. The molecular formula is C14H12O2S. The minimum absolute atomic E-state index is 0.145. The van der Waals surface area contributed by atoms with Gasteiger partial charge in [0.2, 0.25) is 0 Å². The van der Waals surface area contributed by atoms with Crippen LogP contribution in [-0.4, -0.2) is 12.4 Å². The molecule has 2 aromatic rings. The molecule has 17 heavy (non-hydrogen) atoms. The van der Waals surface area contributed by atoms with Crippen LogP contribution in [0.25, 0.3) is 0 Å². The zero-order valence-corrected chi connectivity index (χ0v) is 10.1. The van der Waals surface area contributed by atoms with Gasteiger partial charge in [-0.3, -0.25) is 4.79 Å². The summed E-state index contributed by atoms with van der Waals surface area (Å²) < 4.78 is 5.55. The molecule has 0 amide bonds. The largest absolute Gasteiger partial charge is 0.492 e. The van der Waals surface area contributed by atoms with Crippen molar-refractivity contribution >= 4 is 17.1 Å². The zero-order chi connectivity index (χ0) is 11.7. The number of hydrogen-bond acceptors (Lipinski definition) is 3. The molecule has 1 aliphatic heterocycles. The quantitative estimate of drug-likeness (QED) is 0.775. The van der Waals surface area contributed by atoms with Gasteiger partial charge in [0.05, 0.1) is 12.2 Å². The number of carbonyl (C=O) groups is 1. The highest BCUT2D eigenvalue weighted by molar-refractivity contribution is 7.10. The van der Waals surface area contributed by atoms with E-state index < -0.39 is 0 Å². The molecular weight excluding hydrogens is 232 g/mol. The number of fused-ring (bicyclic) bond motifs is 1. The van der Waals surface area contributed by atoms with Gasteiger partial charge < -0.3 is 4.74 Å². The third kappa shape index (κ3) is 1.98. The molecule has 2 nitrogen and oxygen atoms in total. The minimum Gasteiger partial charge on any atom is -0.492 e. The van der Waals surface area contributed by atoms with Crippen LogP contribution in [0.5, 0.6) is 5.75 Å². The number of thiophene rings is 1. The van der Waals surface area contributed by atoms with E-state index in [1.807, 2.05) is 35.7 Å². The Morgan fingerprint density at radius 3 is 3.06 bits per heavy atom. The van der Waals surface area contributed by atoms with E-state index in [4.69, 9.17) is 4.74 Å². The van der Waals surface area contributed by atoms with Crippen LogP contribution in [0.15, 0.2) is 35.7 Å². The van der Waals surface area contributed by atoms with Crippen LogP contribution in [0.4, 0.5) is 0 Å². The number of carbonyl (C=O) groups excluding carboxylic acids is 1. The number of benzene rings is 1. The highest BCUT2D eigenvalue weighted by atomic mass is 32.1. The predicted molar refractivity (Wildman–Crippen MR) is 68.0 cm³/mol. The van der Waals surface area contributed by atoms with Crippen LogP contribution in [0, 0.1) is 0 Å². The smallest absolute Gasteiger partial charge is 0.171 e. The Hall–Kier alpha value is -1.61. The predicted octanol–water partition coefficient (Wildman–Crippen LogP) is 3.11. The summed E-state index contributed by atoms with van der Waals surface area (Å²) in [6, 6.07) is 9.80. The van der Waals surface area contributed by atoms with Crippen LogP contribution < -0.4 is 4.74 Å². The van der Waals surface area contributed by atoms with Crippen molar-refractivity contribution < 1.29 is 9.53 Å². The molecule has 86 valence electrons. The van der Waals surface area contributed by atoms with E-state index in [-0.39, 0.29) is 5.78 Å². The van der Waals surface area contributed by atoms with Gasteiger partial charge in [-0.25, -0.2) is 0 Å². The Bertz CT molecular complexity index is 543. The Balaban J connectivity index is 1.89. The van der Waals surface area contributed by atoms with Gasteiger partial charge in [0.15, 0.2) is 5.78 Å². The molecule has 0 bridgehead atoms. The molecule has 0 radical (unpaired) electrons. The van der Waals surface area contributed by atoms with Crippen molar-refractivity contribution in [2.24, 2.45) is 0 Å². The third-order valence-electron chi connectivity index (χ3n) is 2.93. The second kappa shape index (κ2) is 4.34. The van der Waals surface area contributed by atoms with Crippen molar-refractivity contribution in [3.63, 3.8) is 0 Å². The van der Waals surface area contributed by atoms with Gasteiger partial charge in [0.1, 0.15) is 5.75 Å². The fourth-order valence-electron chi connectivity index (χ4n) is 2.10. The second-order valence-corrected chi connectivity index (χ2v) is 5.10. The van der Waals surface area contributed by atoms with E-state index >= 15 is 0 Å². The molecule has 0 spiro atoms. The Morgan fingerprint density at radius 1 is 1.29 bits per heavy atom. The van der Waals surface area contributed by atoms with Crippen molar-refractivity contribution in [3.05, 3.63) is 51.7 Å². The van der Waals surface area contributed by atoms with Crippen LogP contribution in [0.1, 0.15) is 20.8 Å². The van der Waals surface area contributed by atoms with Crippen molar-refractivity contribution in [2.45, 2.75) is 12.8 Å². The first-order chi connectivity index (χ1) is 8.34.